The van der Waals surface area contributed by atoms with Gasteiger partial charge < -0.3 is 4.90 Å². The third-order valence-electron chi connectivity index (χ3n) is 2.33. The van der Waals surface area contributed by atoms with Crippen LogP contribution in [0, 0.1) is 17.2 Å². The molecule has 3 heteroatoms. The standard InChI is InChI=1S/C11H20N2O/c1-4-8-13(9-6-7-12)11(14)10(3)5-2/h10H,4-6,8-9H2,1-3H3. The number of amides is 1. The number of carbonyl (C=O) groups excluding carboxylic acids is 1. The Labute approximate surface area is 86.7 Å². The van der Waals surface area contributed by atoms with Crippen molar-refractivity contribution in [1.82, 2.24) is 4.90 Å². The van der Waals surface area contributed by atoms with E-state index in [4.69, 9.17) is 5.26 Å². The van der Waals surface area contributed by atoms with Gasteiger partial charge in [-0.05, 0) is 12.8 Å². The van der Waals surface area contributed by atoms with Gasteiger partial charge in [-0.2, -0.15) is 5.26 Å². The van der Waals surface area contributed by atoms with Crippen molar-refractivity contribution in [2.24, 2.45) is 5.92 Å². The van der Waals surface area contributed by atoms with E-state index in [0.29, 0.717) is 13.0 Å². The monoisotopic (exact) mass is 196 g/mol. The van der Waals surface area contributed by atoms with Crippen LogP contribution in [0.5, 0.6) is 0 Å². The van der Waals surface area contributed by atoms with Crippen molar-refractivity contribution in [3.8, 4) is 6.07 Å². The minimum absolute atomic E-state index is 0.0836. The summed E-state index contributed by atoms with van der Waals surface area (Å²) < 4.78 is 0. The van der Waals surface area contributed by atoms with Gasteiger partial charge in [-0.25, -0.2) is 0 Å². The van der Waals surface area contributed by atoms with Gasteiger partial charge in [-0.1, -0.05) is 20.8 Å². The molecule has 0 aromatic carbocycles. The highest BCUT2D eigenvalue weighted by Gasteiger charge is 2.17. The van der Waals surface area contributed by atoms with Crippen molar-refractivity contribution in [3.63, 3.8) is 0 Å². The molecule has 0 saturated carbocycles. The molecule has 0 aliphatic carbocycles. The fourth-order valence-electron chi connectivity index (χ4n) is 1.27. The Bertz CT molecular complexity index is 208. The number of carbonyl (C=O) groups is 1. The van der Waals surface area contributed by atoms with Gasteiger partial charge in [0.25, 0.3) is 0 Å². The smallest absolute Gasteiger partial charge is 0.225 e. The molecule has 14 heavy (non-hydrogen) atoms. The summed E-state index contributed by atoms with van der Waals surface area (Å²) in [5, 5.41) is 8.47. The Hall–Kier alpha value is -1.04. The molecule has 0 rings (SSSR count). The van der Waals surface area contributed by atoms with E-state index >= 15 is 0 Å². The molecule has 0 radical (unpaired) electrons. The lowest BCUT2D eigenvalue weighted by Crippen LogP contribution is -2.36. The molecule has 0 aliphatic rings. The molecule has 0 N–H and O–H groups in total. The predicted molar refractivity (Wildman–Crippen MR) is 56.6 cm³/mol. The number of nitriles is 1. The average molecular weight is 196 g/mol. The van der Waals surface area contributed by atoms with Crippen LogP contribution >= 0.6 is 0 Å². The van der Waals surface area contributed by atoms with E-state index in [2.05, 4.69) is 6.07 Å². The van der Waals surface area contributed by atoms with Gasteiger partial charge >= 0.3 is 0 Å². The van der Waals surface area contributed by atoms with Crippen LogP contribution in [0.25, 0.3) is 0 Å². The lowest BCUT2D eigenvalue weighted by atomic mass is 10.1. The maximum absolute atomic E-state index is 11.8. The second-order valence-corrected chi connectivity index (χ2v) is 3.54. The van der Waals surface area contributed by atoms with Crippen molar-refractivity contribution in [2.45, 2.75) is 40.0 Å². The number of nitrogens with zero attached hydrogens (tertiary/aromatic N) is 2. The normalized spacial score (nSPS) is 11.9. The molecule has 1 atom stereocenters. The Balaban J connectivity index is 4.18. The Morgan fingerprint density at radius 2 is 2.07 bits per heavy atom. The average Bonchev–Trinajstić information content (AvgIpc) is 2.22. The number of rotatable bonds is 6. The van der Waals surface area contributed by atoms with E-state index < -0.39 is 0 Å². The summed E-state index contributed by atoms with van der Waals surface area (Å²) in [6, 6.07) is 2.07. The van der Waals surface area contributed by atoms with E-state index in [-0.39, 0.29) is 11.8 Å². The van der Waals surface area contributed by atoms with Crippen LogP contribution in [0.2, 0.25) is 0 Å². The van der Waals surface area contributed by atoms with E-state index in [1.54, 1.807) is 4.90 Å². The molecule has 0 saturated heterocycles. The second-order valence-electron chi connectivity index (χ2n) is 3.54. The highest BCUT2D eigenvalue weighted by molar-refractivity contribution is 5.78. The summed E-state index contributed by atoms with van der Waals surface area (Å²) in [5.41, 5.74) is 0. The van der Waals surface area contributed by atoms with Gasteiger partial charge in [-0.15, -0.1) is 0 Å². The van der Waals surface area contributed by atoms with Crippen LogP contribution in [-0.2, 0) is 4.79 Å². The van der Waals surface area contributed by atoms with Crippen LogP contribution in [0.4, 0.5) is 0 Å². The van der Waals surface area contributed by atoms with Gasteiger partial charge in [0, 0.05) is 19.0 Å². The topological polar surface area (TPSA) is 44.1 Å². The highest BCUT2D eigenvalue weighted by atomic mass is 16.2. The number of hydrogen-bond acceptors (Lipinski definition) is 2. The molecule has 0 bridgehead atoms. The maximum atomic E-state index is 11.8. The first-order valence-electron chi connectivity index (χ1n) is 5.33. The molecule has 0 spiro atoms. The first kappa shape index (κ1) is 13.0. The Morgan fingerprint density at radius 3 is 2.50 bits per heavy atom. The van der Waals surface area contributed by atoms with Crippen molar-refractivity contribution in [2.75, 3.05) is 13.1 Å². The zero-order chi connectivity index (χ0) is 11.0. The van der Waals surface area contributed by atoms with Crippen molar-refractivity contribution in [1.29, 1.82) is 5.26 Å². The van der Waals surface area contributed by atoms with Gasteiger partial charge in [0.1, 0.15) is 0 Å². The first-order valence-corrected chi connectivity index (χ1v) is 5.33. The van der Waals surface area contributed by atoms with E-state index in [9.17, 15) is 4.79 Å². The summed E-state index contributed by atoms with van der Waals surface area (Å²) in [7, 11) is 0. The van der Waals surface area contributed by atoms with Crippen LogP contribution < -0.4 is 0 Å². The van der Waals surface area contributed by atoms with Crippen molar-refractivity contribution in [3.05, 3.63) is 0 Å². The molecule has 0 aromatic rings. The summed E-state index contributed by atoms with van der Waals surface area (Å²) in [5.74, 6) is 0.268. The predicted octanol–water partition coefficient (Wildman–Crippen LogP) is 2.18. The van der Waals surface area contributed by atoms with Gasteiger partial charge in [0.2, 0.25) is 5.91 Å². The van der Waals surface area contributed by atoms with Gasteiger partial charge in [0.15, 0.2) is 0 Å². The van der Waals surface area contributed by atoms with Crippen LogP contribution in [-0.4, -0.2) is 23.9 Å². The fraction of sp³-hybridized carbons (Fsp3) is 0.818. The molecule has 1 amide bonds. The zero-order valence-corrected chi connectivity index (χ0v) is 9.42. The number of hydrogen-bond donors (Lipinski definition) is 0. The quantitative estimate of drug-likeness (QED) is 0.653. The van der Waals surface area contributed by atoms with Crippen molar-refractivity contribution < 1.29 is 4.79 Å². The minimum atomic E-state index is 0.0836. The summed E-state index contributed by atoms with van der Waals surface area (Å²) in [6.45, 7) is 7.34. The second kappa shape index (κ2) is 7.37. The van der Waals surface area contributed by atoms with Gasteiger partial charge in [-0.3, -0.25) is 4.79 Å². The zero-order valence-electron chi connectivity index (χ0n) is 9.42. The molecule has 80 valence electrons. The SMILES string of the molecule is CCCN(CCC#N)C(=O)C(C)CC. The van der Waals surface area contributed by atoms with Gasteiger partial charge in [0.05, 0.1) is 12.5 Å². The summed E-state index contributed by atoms with van der Waals surface area (Å²) in [6.07, 6.45) is 2.25. The third kappa shape index (κ3) is 4.27. The fourth-order valence-corrected chi connectivity index (χ4v) is 1.27. The minimum Gasteiger partial charge on any atom is -0.341 e. The summed E-state index contributed by atoms with van der Waals surface area (Å²) in [4.78, 5) is 13.6. The molecule has 0 aliphatic heterocycles. The maximum Gasteiger partial charge on any atom is 0.225 e. The lowest BCUT2D eigenvalue weighted by molar-refractivity contribution is -0.135. The first-order chi connectivity index (χ1) is 6.67. The summed E-state index contributed by atoms with van der Waals surface area (Å²) >= 11 is 0. The third-order valence-corrected chi connectivity index (χ3v) is 2.33. The van der Waals surface area contributed by atoms with E-state index in [1.807, 2.05) is 20.8 Å². The van der Waals surface area contributed by atoms with Crippen LogP contribution in [0.15, 0.2) is 0 Å². The van der Waals surface area contributed by atoms with Crippen LogP contribution in [0.1, 0.15) is 40.0 Å². The molecule has 1 unspecified atom stereocenters. The molecule has 0 aromatic heterocycles. The Kier molecular flexibility index (Phi) is 6.82. The molecular formula is C11H20N2O. The molecular weight excluding hydrogens is 176 g/mol. The van der Waals surface area contributed by atoms with Crippen LogP contribution in [0.3, 0.4) is 0 Å². The highest BCUT2D eigenvalue weighted by Crippen LogP contribution is 2.07. The van der Waals surface area contributed by atoms with Crippen molar-refractivity contribution >= 4 is 5.91 Å². The lowest BCUT2D eigenvalue weighted by Gasteiger charge is -2.23. The molecule has 0 heterocycles. The Morgan fingerprint density at radius 1 is 1.43 bits per heavy atom. The van der Waals surface area contributed by atoms with E-state index in [1.165, 1.54) is 0 Å². The largest absolute Gasteiger partial charge is 0.341 e. The molecule has 0 fully saturated rings. The van der Waals surface area contributed by atoms with E-state index in [0.717, 1.165) is 19.4 Å². The molecule has 3 nitrogen and oxygen atoms in total.